The van der Waals surface area contributed by atoms with Gasteiger partial charge >= 0.3 is 6.03 Å². The van der Waals surface area contributed by atoms with Gasteiger partial charge in [-0.3, -0.25) is 10.3 Å². The van der Waals surface area contributed by atoms with Crippen molar-refractivity contribution >= 4 is 39.2 Å². The van der Waals surface area contributed by atoms with E-state index in [1.807, 2.05) is 20.0 Å². The lowest BCUT2D eigenvalue weighted by atomic mass is 10.0. The molecule has 1 aliphatic heterocycles. The van der Waals surface area contributed by atoms with Gasteiger partial charge in [0.25, 0.3) is 0 Å². The van der Waals surface area contributed by atoms with Gasteiger partial charge in [-0.1, -0.05) is 23.5 Å². The Morgan fingerprint density at radius 3 is 2.39 bits per heavy atom. The first-order valence-corrected chi connectivity index (χ1v) is 13.4. The first-order valence-electron chi connectivity index (χ1n) is 12.6. The minimum absolute atomic E-state index is 0.142. The molecule has 2 N–H and O–H groups in total. The van der Waals surface area contributed by atoms with Crippen molar-refractivity contribution in [3.8, 4) is 22.4 Å². The summed E-state index contributed by atoms with van der Waals surface area (Å²) in [5.74, 6) is 0.917. The number of nitrogens with one attached hydrogen (secondary N) is 2. The molecule has 1 aliphatic rings. The summed E-state index contributed by atoms with van der Waals surface area (Å²) in [6, 6.07) is 14.8. The molecule has 0 bridgehead atoms. The van der Waals surface area contributed by atoms with E-state index in [0.717, 1.165) is 58.2 Å². The van der Waals surface area contributed by atoms with Crippen LogP contribution in [0.25, 0.3) is 33.3 Å². The summed E-state index contributed by atoms with van der Waals surface area (Å²) in [5, 5.41) is 12.2. The van der Waals surface area contributed by atoms with E-state index in [9.17, 15) is 4.79 Å². The molecule has 5 heterocycles. The topological polar surface area (TPSA) is 103 Å². The molecule has 192 valence electrons. The largest absolute Gasteiger partial charge is 0.354 e. The maximum absolute atomic E-state index is 12.5. The third-order valence-electron chi connectivity index (χ3n) is 6.97. The number of aromatic nitrogens is 5. The fourth-order valence-corrected chi connectivity index (χ4v) is 5.50. The first-order chi connectivity index (χ1) is 18.4. The second-order valence-electron chi connectivity index (χ2n) is 9.58. The molecule has 0 spiro atoms. The Hall–Kier alpha value is -4.31. The van der Waals surface area contributed by atoms with Crippen molar-refractivity contribution in [1.82, 2.24) is 30.0 Å². The number of rotatable bonds is 4. The van der Waals surface area contributed by atoms with Gasteiger partial charge in [0.1, 0.15) is 11.3 Å². The molecule has 6 rings (SSSR count). The fraction of sp³-hybridized carbons (Fsp3) is 0.250. The van der Waals surface area contributed by atoms with Gasteiger partial charge in [0.05, 0.1) is 0 Å². The van der Waals surface area contributed by atoms with Crippen LogP contribution in [0.15, 0.2) is 54.2 Å². The Labute approximate surface area is 224 Å². The van der Waals surface area contributed by atoms with E-state index in [-0.39, 0.29) is 6.03 Å². The molecular weight excluding hydrogens is 496 g/mol. The van der Waals surface area contributed by atoms with Crippen molar-refractivity contribution in [2.24, 2.45) is 0 Å². The molecule has 1 saturated heterocycles. The molecule has 9 nitrogen and oxygen atoms in total. The molecule has 1 aromatic carbocycles. The van der Waals surface area contributed by atoms with Crippen molar-refractivity contribution in [2.75, 3.05) is 36.4 Å². The van der Waals surface area contributed by atoms with Gasteiger partial charge < -0.3 is 14.8 Å². The molecule has 0 atom stereocenters. The minimum atomic E-state index is -0.142. The first kappa shape index (κ1) is 24.1. The van der Waals surface area contributed by atoms with E-state index < -0.39 is 0 Å². The Kier molecular flexibility index (Phi) is 6.24. The highest BCUT2D eigenvalue weighted by molar-refractivity contribution is 7.13. The van der Waals surface area contributed by atoms with E-state index in [1.54, 1.807) is 10.4 Å². The number of hydrogen-bond donors (Lipinski definition) is 2. The van der Waals surface area contributed by atoms with Crippen molar-refractivity contribution in [3.63, 3.8) is 0 Å². The van der Waals surface area contributed by atoms with E-state index in [4.69, 9.17) is 4.98 Å². The lowest BCUT2D eigenvalue weighted by Gasteiger charge is -2.35. The zero-order valence-electron chi connectivity index (χ0n) is 21.5. The van der Waals surface area contributed by atoms with E-state index in [2.05, 4.69) is 79.8 Å². The van der Waals surface area contributed by atoms with Gasteiger partial charge in [-0.15, -0.1) is 10.2 Å². The maximum Gasteiger partial charge on any atom is 0.323 e. The molecule has 0 unspecified atom stereocenters. The number of H-pyrrole nitrogens is 1. The number of aryl methyl sites for hydroxylation is 3. The van der Waals surface area contributed by atoms with Crippen molar-refractivity contribution < 1.29 is 4.79 Å². The van der Waals surface area contributed by atoms with Gasteiger partial charge in [0, 0.05) is 71.5 Å². The van der Waals surface area contributed by atoms with Crippen LogP contribution in [-0.4, -0.2) is 62.3 Å². The molecule has 4 aromatic heterocycles. The summed E-state index contributed by atoms with van der Waals surface area (Å²) in [5.41, 5.74) is 10.5. The maximum atomic E-state index is 12.5. The molecule has 0 saturated carbocycles. The summed E-state index contributed by atoms with van der Waals surface area (Å²) in [6.45, 7) is 8.91. The van der Waals surface area contributed by atoms with E-state index in [1.165, 1.54) is 22.3 Å². The number of hydrogen-bond acceptors (Lipinski definition) is 7. The second kappa shape index (κ2) is 9.86. The quantitative estimate of drug-likeness (QED) is 0.325. The number of nitrogens with zero attached hydrogens (tertiary/aromatic N) is 6. The molecule has 0 radical (unpaired) electrons. The van der Waals surface area contributed by atoms with Gasteiger partial charge in [0.2, 0.25) is 5.13 Å². The molecule has 10 heteroatoms. The van der Waals surface area contributed by atoms with Crippen LogP contribution in [0.5, 0.6) is 0 Å². The van der Waals surface area contributed by atoms with Gasteiger partial charge in [-0.25, -0.2) is 9.78 Å². The number of aromatic amines is 1. The predicted molar refractivity (Wildman–Crippen MR) is 152 cm³/mol. The summed E-state index contributed by atoms with van der Waals surface area (Å²) in [7, 11) is 0. The standard InChI is InChI=1S/C28H28N8OS/c1-17-12-22(13-18(2)31-17)26-19(3)23-6-4-20(14-24(23)32-26)21-5-7-25(29-15-21)35-8-10-36(11-9-35)28(37)33-27-34-30-16-38-27/h4-7,12-16,32H,8-11H2,1-3H3,(H,33,34,37). The average Bonchev–Trinajstić information content (AvgIpc) is 3.55. The van der Waals surface area contributed by atoms with E-state index in [0.29, 0.717) is 18.2 Å². The summed E-state index contributed by atoms with van der Waals surface area (Å²) < 4.78 is 0. The third kappa shape index (κ3) is 4.70. The SMILES string of the molecule is Cc1cc(-c2[nH]c3cc(-c4ccc(N5CCN(C(=O)Nc6nncs6)CC5)nc4)ccc3c2C)cc(C)n1. The summed E-state index contributed by atoms with van der Waals surface area (Å²) >= 11 is 1.31. The molecule has 38 heavy (non-hydrogen) atoms. The molecule has 1 fully saturated rings. The lowest BCUT2D eigenvalue weighted by molar-refractivity contribution is 0.208. The van der Waals surface area contributed by atoms with Crippen LogP contribution in [0.3, 0.4) is 0 Å². The smallest absolute Gasteiger partial charge is 0.323 e. The van der Waals surface area contributed by atoms with Crippen LogP contribution < -0.4 is 10.2 Å². The number of fused-ring (bicyclic) bond motifs is 1. The molecule has 0 aliphatic carbocycles. The number of amides is 2. The zero-order valence-corrected chi connectivity index (χ0v) is 22.3. The van der Waals surface area contributed by atoms with Crippen molar-refractivity contribution in [2.45, 2.75) is 20.8 Å². The highest BCUT2D eigenvalue weighted by atomic mass is 32.1. The van der Waals surface area contributed by atoms with Crippen LogP contribution in [0.1, 0.15) is 17.0 Å². The average molecular weight is 525 g/mol. The van der Waals surface area contributed by atoms with Crippen LogP contribution in [0.4, 0.5) is 15.7 Å². The number of urea groups is 1. The molecular formula is C28H28N8OS. The number of carbonyl (C=O) groups excluding carboxylic acids is 1. The number of piperazine rings is 1. The van der Waals surface area contributed by atoms with Crippen molar-refractivity contribution in [3.05, 3.63) is 71.1 Å². The molecule has 2 amide bonds. The lowest BCUT2D eigenvalue weighted by Crippen LogP contribution is -2.50. The number of anilines is 2. The van der Waals surface area contributed by atoms with Crippen molar-refractivity contribution in [1.29, 1.82) is 0 Å². The monoisotopic (exact) mass is 524 g/mol. The number of benzene rings is 1. The van der Waals surface area contributed by atoms with Gasteiger partial charge in [-0.2, -0.15) is 0 Å². The normalized spacial score (nSPS) is 13.8. The van der Waals surface area contributed by atoms with Crippen LogP contribution in [0, 0.1) is 20.8 Å². The summed E-state index contributed by atoms with van der Waals surface area (Å²) in [4.78, 5) is 29.4. The third-order valence-corrected chi connectivity index (χ3v) is 7.58. The zero-order chi connectivity index (χ0) is 26.2. The summed E-state index contributed by atoms with van der Waals surface area (Å²) in [6.07, 6.45) is 1.93. The minimum Gasteiger partial charge on any atom is -0.354 e. The highest BCUT2D eigenvalue weighted by Gasteiger charge is 2.22. The van der Waals surface area contributed by atoms with Gasteiger partial charge in [-0.05, 0) is 62.2 Å². The second-order valence-corrected chi connectivity index (χ2v) is 10.4. The Morgan fingerprint density at radius 2 is 1.71 bits per heavy atom. The van der Waals surface area contributed by atoms with E-state index >= 15 is 0 Å². The highest BCUT2D eigenvalue weighted by Crippen LogP contribution is 2.33. The van der Waals surface area contributed by atoms with Crippen LogP contribution >= 0.6 is 11.3 Å². The molecule has 5 aromatic rings. The van der Waals surface area contributed by atoms with Crippen LogP contribution in [-0.2, 0) is 0 Å². The number of pyridine rings is 2. The Bertz CT molecular complexity index is 1580. The van der Waals surface area contributed by atoms with Crippen LogP contribution in [0.2, 0.25) is 0 Å². The van der Waals surface area contributed by atoms with Gasteiger partial charge in [0.15, 0.2) is 0 Å². The Morgan fingerprint density at radius 1 is 0.947 bits per heavy atom. The fourth-order valence-electron chi connectivity index (χ4n) is 5.07. The number of carbonyl (C=O) groups is 1. The Balaban J connectivity index is 1.16. The predicted octanol–water partition coefficient (Wildman–Crippen LogP) is 5.42.